The normalized spacial score (nSPS) is 11.3. The highest BCUT2D eigenvalue weighted by Crippen LogP contribution is 2.36. The number of aromatic nitrogens is 2. The molecule has 1 aromatic carbocycles. The van der Waals surface area contributed by atoms with Gasteiger partial charge in [0.25, 0.3) is 0 Å². The molecule has 2 N–H and O–H groups in total. The van der Waals surface area contributed by atoms with E-state index in [9.17, 15) is 8.78 Å². The van der Waals surface area contributed by atoms with Crippen LogP contribution in [0, 0.1) is 18.6 Å². The molecule has 2 rings (SSSR count). The van der Waals surface area contributed by atoms with Crippen LogP contribution in [0.1, 0.15) is 30.9 Å². The van der Waals surface area contributed by atoms with Gasteiger partial charge in [0, 0.05) is 12.6 Å². The van der Waals surface area contributed by atoms with E-state index in [1.807, 2.05) is 13.8 Å². The Bertz CT molecular complexity index is 630. The van der Waals surface area contributed by atoms with Crippen molar-refractivity contribution in [2.45, 2.75) is 26.7 Å². The second kappa shape index (κ2) is 4.64. The van der Waals surface area contributed by atoms with Gasteiger partial charge in [0.1, 0.15) is 23.1 Å². The van der Waals surface area contributed by atoms with Gasteiger partial charge in [0.15, 0.2) is 0 Å². The van der Waals surface area contributed by atoms with Gasteiger partial charge >= 0.3 is 0 Å². The monoisotopic (exact) mass is 265 g/mol. The van der Waals surface area contributed by atoms with Crippen molar-refractivity contribution in [3.63, 3.8) is 0 Å². The first-order valence-electron chi connectivity index (χ1n) is 6.12. The highest BCUT2D eigenvalue weighted by atomic mass is 19.1. The SMILES string of the molecule is Cc1ccc(F)c(-c2nn(C)c(N)c2C(C)C)c1F. The molecule has 1 heterocycles. The third kappa shape index (κ3) is 2.09. The van der Waals surface area contributed by atoms with Gasteiger partial charge in [-0.3, -0.25) is 4.68 Å². The molecule has 0 fully saturated rings. The molecule has 0 aliphatic carbocycles. The lowest BCUT2D eigenvalue weighted by molar-refractivity contribution is 0.581. The molecule has 0 atom stereocenters. The zero-order valence-corrected chi connectivity index (χ0v) is 11.5. The summed E-state index contributed by atoms with van der Waals surface area (Å²) >= 11 is 0. The largest absolute Gasteiger partial charge is 0.384 e. The van der Waals surface area contributed by atoms with E-state index in [-0.39, 0.29) is 17.2 Å². The van der Waals surface area contributed by atoms with Gasteiger partial charge in [-0.15, -0.1) is 0 Å². The number of nitrogens with two attached hydrogens (primary N) is 1. The average molecular weight is 265 g/mol. The molecule has 3 nitrogen and oxygen atoms in total. The van der Waals surface area contributed by atoms with Crippen LogP contribution in [0.5, 0.6) is 0 Å². The second-order valence-corrected chi connectivity index (χ2v) is 4.98. The molecule has 0 bridgehead atoms. The van der Waals surface area contributed by atoms with Gasteiger partial charge < -0.3 is 5.73 Å². The van der Waals surface area contributed by atoms with Gasteiger partial charge in [-0.25, -0.2) is 8.78 Å². The summed E-state index contributed by atoms with van der Waals surface area (Å²) < 4.78 is 29.6. The topological polar surface area (TPSA) is 43.8 Å². The number of aryl methyl sites for hydroxylation is 2. The van der Waals surface area contributed by atoms with E-state index in [4.69, 9.17) is 5.73 Å². The van der Waals surface area contributed by atoms with E-state index < -0.39 is 11.6 Å². The Hall–Kier alpha value is -1.91. The highest BCUT2D eigenvalue weighted by molar-refractivity contribution is 5.71. The maximum atomic E-state index is 14.2. The van der Waals surface area contributed by atoms with Crippen LogP contribution in [0.3, 0.4) is 0 Å². The second-order valence-electron chi connectivity index (χ2n) is 4.98. The number of benzene rings is 1. The summed E-state index contributed by atoms with van der Waals surface area (Å²) in [5.74, 6) is -0.739. The molecule has 19 heavy (non-hydrogen) atoms. The minimum absolute atomic E-state index is 0.0306. The van der Waals surface area contributed by atoms with Crippen LogP contribution in [-0.2, 0) is 7.05 Å². The third-order valence-corrected chi connectivity index (χ3v) is 3.23. The smallest absolute Gasteiger partial charge is 0.138 e. The van der Waals surface area contributed by atoms with E-state index in [2.05, 4.69) is 5.10 Å². The van der Waals surface area contributed by atoms with Crippen molar-refractivity contribution in [3.8, 4) is 11.3 Å². The van der Waals surface area contributed by atoms with E-state index in [1.165, 1.54) is 16.8 Å². The molecule has 5 heteroatoms. The zero-order chi connectivity index (χ0) is 14.3. The van der Waals surface area contributed by atoms with Gasteiger partial charge in [0.2, 0.25) is 0 Å². The number of nitrogens with zero attached hydrogens (tertiary/aromatic N) is 2. The van der Waals surface area contributed by atoms with Crippen LogP contribution in [0.4, 0.5) is 14.6 Å². The fraction of sp³-hybridized carbons (Fsp3) is 0.357. The molecule has 2 aromatic rings. The lowest BCUT2D eigenvalue weighted by atomic mass is 9.97. The maximum Gasteiger partial charge on any atom is 0.138 e. The quantitative estimate of drug-likeness (QED) is 0.904. The minimum Gasteiger partial charge on any atom is -0.384 e. The zero-order valence-electron chi connectivity index (χ0n) is 11.5. The van der Waals surface area contributed by atoms with Crippen LogP contribution in [-0.4, -0.2) is 9.78 Å². The molecule has 1 aromatic heterocycles. The van der Waals surface area contributed by atoms with Crippen LogP contribution in [0.25, 0.3) is 11.3 Å². The Labute approximate surface area is 111 Å². The summed E-state index contributed by atoms with van der Waals surface area (Å²) in [6, 6.07) is 2.66. The van der Waals surface area contributed by atoms with E-state index >= 15 is 0 Å². The van der Waals surface area contributed by atoms with Crippen LogP contribution < -0.4 is 5.73 Å². The molecule has 102 valence electrons. The molecule has 0 amide bonds. The van der Waals surface area contributed by atoms with Crippen molar-refractivity contribution >= 4 is 5.82 Å². The number of hydrogen-bond acceptors (Lipinski definition) is 2. The molecule has 0 radical (unpaired) electrons. The summed E-state index contributed by atoms with van der Waals surface area (Å²) in [4.78, 5) is 0. The van der Waals surface area contributed by atoms with Crippen molar-refractivity contribution in [1.82, 2.24) is 9.78 Å². The maximum absolute atomic E-state index is 14.2. The summed E-state index contributed by atoms with van der Waals surface area (Å²) in [7, 11) is 1.66. The van der Waals surface area contributed by atoms with E-state index in [0.717, 1.165) is 0 Å². The predicted octanol–water partition coefficient (Wildman–Crippen LogP) is 3.38. The van der Waals surface area contributed by atoms with Gasteiger partial charge in [-0.1, -0.05) is 19.9 Å². The molecular formula is C14H17F2N3. The molecule has 0 aliphatic rings. The Balaban J connectivity index is 2.80. The Morgan fingerprint density at radius 3 is 2.47 bits per heavy atom. The lowest BCUT2D eigenvalue weighted by Gasteiger charge is -2.10. The minimum atomic E-state index is -0.622. The van der Waals surface area contributed by atoms with Gasteiger partial charge in [-0.05, 0) is 24.5 Å². The van der Waals surface area contributed by atoms with E-state index in [0.29, 0.717) is 16.9 Å². The van der Waals surface area contributed by atoms with Gasteiger partial charge in [-0.2, -0.15) is 5.10 Å². The fourth-order valence-electron chi connectivity index (χ4n) is 2.18. The number of rotatable bonds is 2. The van der Waals surface area contributed by atoms with Crippen molar-refractivity contribution in [2.75, 3.05) is 5.73 Å². The summed E-state index contributed by atoms with van der Waals surface area (Å²) in [6.07, 6.45) is 0. The first-order valence-corrected chi connectivity index (χ1v) is 6.12. The number of anilines is 1. The Morgan fingerprint density at radius 2 is 1.89 bits per heavy atom. The van der Waals surface area contributed by atoms with Crippen LogP contribution >= 0.6 is 0 Å². The van der Waals surface area contributed by atoms with Crippen molar-refractivity contribution in [1.29, 1.82) is 0 Å². The average Bonchev–Trinajstić information content (AvgIpc) is 2.61. The summed E-state index contributed by atoms with van der Waals surface area (Å²) in [5.41, 5.74) is 7.18. The molecule has 0 unspecified atom stereocenters. The lowest BCUT2D eigenvalue weighted by Crippen LogP contribution is -2.00. The van der Waals surface area contributed by atoms with Crippen molar-refractivity contribution < 1.29 is 8.78 Å². The van der Waals surface area contributed by atoms with Crippen molar-refractivity contribution in [3.05, 3.63) is 34.9 Å². The third-order valence-electron chi connectivity index (χ3n) is 3.23. The highest BCUT2D eigenvalue weighted by Gasteiger charge is 2.24. The molecular weight excluding hydrogens is 248 g/mol. The first-order chi connectivity index (χ1) is 8.84. The molecule has 0 aliphatic heterocycles. The predicted molar refractivity (Wildman–Crippen MR) is 71.8 cm³/mol. The van der Waals surface area contributed by atoms with E-state index in [1.54, 1.807) is 14.0 Å². The van der Waals surface area contributed by atoms with Crippen LogP contribution in [0.2, 0.25) is 0 Å². The van der Waals surface area contributed by atoms with Crippen molar-refractivity contribution in [2.24, 2.45) is 7.05 Å². The molecule has 0 saturated heterocycles. The first kappa shape index (κ1) is 13.5. The van der Waals surface area contributed by atoms with Crippen LogP contribution in [0.15, 0.2) is 12.1 Å². The standard InChI is InChI=1S/C14H17F2N3/c1-7(2)10-13(18-19(4)14(10)17)11-9(15)6-5-8(3)12(11)16/h5-7H,17H2,1-4H3. The number of nitrogen functional groups attached to an aromatic ring is 1. The summed E-state index contributed by atoms with van der Waals surface area (Å²) in [6.45, 7) is 5.44. The molecule has 0 saturated carbocycles. The Kier molecular flexibility index (Phi) is 3.30. The number of hydrogen-bond donors (Lipinski definition) is 1. The fourth-order valence-corrected chi connectivity index (χ4v) is 2.18. The Morgan fingerprint density at radius 1 is 1.26 bits per heavy atom. The number of halogens is 2. The summed E-state index contributed by atoms with van der Waals surface area (Å²) in [5, 5.41) is 4.18. The molecule has 0 spiro atoms. The van der Waals surface area contributed by atoms with Gasteiger partial charge in [0.05, 0.1) is 5.56 Å².